The van der Waals surface area contributed by atoms with E-state index < -0.39 is 5.54 Å². The molecule has 0 radical (unpaired) electrons. The minimum Gasteiger partial charge on any atom is -0.340 e. The van der Waals surface area contributed by atoms with Crippen molar-refractivity contribution in [3.63, 3.8) is 0 Å². The summed E-state index contributed by atoms with van der Waals surface area (Å²) in [5.41, 5.74) is 0.355. The van der Waals surface area contributed by atoms with Crippen LogP contribution in [0.5, 0.6) is 0 Å². The number of hydrogen-bond donors (Lipinski definition) is 1. The van der Waals surface area contributed by atoms with Crippen molar-refractivity contribution >= 4 is 11.8 Å². The van der Waals surface area contributed by atoms with E-state index in [1.807, 2.05) is 19.1 Å². The second-order valence-corrected chi connectivity index (χ2v) is 6.08. The van der Waals surface area contributed by atoms with Gasteiger partial charge in [-0.2, -0.15) is 0 Å². The molecule has 1 unspecified atom stereocenters. The van der Waals surface area contributed by atoms with Gasteiger partial charge in [0.15, 0.2) is 0 Å². The minimum absolute atomic E-state index is 0.0441. The summed E-state index contributed by atoms with van der Waals surface area (Å²) in [7, 11) is 0. The zero-order chi connectivity index (χ0) is 14.9. The molecular formula is C16H21N3O2. The number of nitrogens with one attached hydrogen (secondary N) is 1. The first kappa shape index (κ1) is 14.0. The molecule has 1 aromatic rings. The first-order valence-corrected chi connectivity index (χ1v) is 7.64. The van der Waals surface area contributed by atoms with E-state index in [1.54, 1.807) is 17.3 Å². The fraction of sp³-hybridized carbons (Fsp3) is 0.562. The molecule has 1 saturated heterocycles. The SMILES string of the molecule is CC(c1ccncc1)N1CC(=O)NC2(CCCCC2)C1=O. The van der Waals surface area contributed by atoms with Gasteiger partial charge in [-0.3, -0.25) is 14.6 Å². The van der Waals surface area contributed by atoms with Gasteiger partial charge in [-0.15, -0.1) is 0 Å². The molecule has 1 N–H and O–H groups in total. The standard InChI is InChI=1S/C16H21N3O2/c1-12(13-5-9-17-10-6-13)19-11-14(20)18-16(15(19)21)7-3-2-4-8-16/h5-6,9-10,12H,2-4,7-8,11H2,1H3,(H,18,20). The van der Waals surface area contributed by atoms with E-state index in [4.69, 9.17) is 0 Å². The van der Waals surface area contributed by atoms with Crippen LogP contribution in [0.15, 0.2) is 24.5 Å². The highest BCUT2D eigenvalue weighted by molar-refractivity contribution is 5.98. The quantitative estimate of drug-likeness (QED) is 0.902. The molecule has 5 heteroatoms. The van der Waals surface area contributed by atoms with E-state index in [2.05, 4.69) is 10.3 Å². The summed E-state index contributed by atoms with van der Waals surface area (Å²) in [6.45, 7) is 2.12. The van der Waals surface area contributed by atoms with Crippen molar-refractivity contribution in [1.82, 2.24) is 15.2 Å². The molecule has 1 spiro atoms. The Morgan fingerprint density at radius 2 is 1.86 bits per heavy atom. The molecule has 0 aromatic carbocycles. The maximum absolute atomic E-state index is 13.0. The van der Waals surface area contributed by atoms with Gasteiger partial charge in [0.05, 0.1) is 6.04 Å². The van der Waals surface area contributed by atoms with Crippen LogP contribution in [0.4, 0.5) is 0 Å². The summed E-state index contributed by atoms with van der Waals surface area (Å²) in [4.78, 5) is 30.8. The Balaban J connectivity index is 1.87. The van der Waals surface area contributed by atoms with Crippen LogP contribution in [0.25, 0.3) is 0 Å². The Morgan fingerprint density at radius 3 is 2.52 bits per heavy atom. The summed E-state index contributed by atoms with van der Waals surface area (Å²) in [5, 5.41) is 2.98. The molecule has 1 saturated carbocycles. The Hall–Kier alpha value is -1.91. The molecule has 1 aromatic heterocycles. The molecule has 5 nitrogen and oxygen atoms in total. The van der Waals surface area contributed by atoms with Gasteiger partial charge in [-0.1, -0.05) is 19.3 Å². The summed E-state index contributed by atoms with van der Waals surface area (Å²) in [6.07, 6.45) is 8.11. The van der Waals surface area contributed by atoms with Crippen molar-refractivity contribution in [2.45, 2.75) is 50.6 Å². The van der Waals surface area contributed by atoms with E-state index in [0.717, 1.165) is 37.7 Å². The van der Waals surface area contributed by atoms with Crippen molar-refractivity contribution in [2.24, 2.45) is 0 Å². The second-order valence-electron chi connectivity index (χ2n) is 6.08. The summed E-state index contributed by atoms with van der Waals surface area (Å²) < 4.78 is 0. The van der Waals surface area contributed by atoms with Crippen molar-refractivity contribution < 1.29 is 9.59 Å². The second kappa shape index (κ2) is 5.47. The number of carbonyl (C=O) groups excluding carboxylic acids is 2. The average molecular weight is 287 g/mol. The predicted molar refractivity (Wildman–Crippen MR) is 78.3 cm³/mol. The van der Waals surface area contributed by atoms with Crippen LogP contribution in [-0.4, -0.2) is 33.8 Å². The molecule has 112 valence electrons. The van der Waals surface area contributed by atoms with Crippen LogP contribution >= 0.6 is 0 Å². The van der Waals surface area contributed by atoms with Crippen LogP contribution in [0.2, 0.25) is 0 Å². The lowest BCUT2D eigenvalue weighted by molar-refractivity contribution is -0.153. The van der Waals surface area contributed by atoms with E-state index in [9.17, 15) is 9.59 Å². The molecule has 2 aliphatic rings. The summed E-state index contributed by atoms with van der Waals surface area (Å²) in [6, 6.07) is 3.70. The number of amides is 2. The molecule has 2 amide bonds. The molecule has 3 rings (SSSR count). The molecule has 2 heterocycles. The lowest BCUT2D eigenvalue weighted by Gasteiger charge is -2.46. The van der Waals surface area contributed by atoms with Gasteiger partial charge in [-0.25, -0.2) is 0 Å². The monoisotopic (exact) mass is 287 g/mol. The first-order chi connectivity index (χ1) is 10.1. The Kier molecular flexibility index (Phi) is 3.66. The number of hydrogen-bond acceptors (Lipinski definition) is 3. The van der Waals surface area contributed by atoms with Crippen LogP contribution in [0.1, 0.15) is 50.6 Å². The fourth-order valence-electron chi connectivity index (χ4n) is 3.49. The summed E-state index contributed by atoms with van der Waals surface area (Å²) >= 11 is 0. The smallest absolute Gasteiger partial charge is 0.249 e. The van der Waals surface area contributed by atoms with Crippen LogP contribution in [-0.2, 0) is 9.59 Å². The molecule has 1 aliphatic carbocycles. The Bertz CT molecular complexity index is 538. The lowest BCUT2D eigenvalue weighted by atomic mass is 9.79. The molecule has 1 aliphatic heterocycles. The van der Waals surface area contributed by atoms with E-state index in [-0.39, 0.29) is 24.4 Å². The van der Waals surface area contributed by atoms with Crippen LogP contribution in [0, 0.1) is 0 Å². The molecule has 1 atom stereocenters. The maximum atomic E-state index is 13.0. The van der Waals surface area contributed by atoms with Gasteiger partial charge < -0.3 is 10.2 Å². The largest absolute Gasteiger partial charge is 0.340 e. The van der Waals surface area contributed by atoms with Crippen LogP contribution < -0.4 is 5.32 Å². The zero-order valence-electron chi connectivity index (χ0n) is 12.3. The lowest BCUT2D eigenvalue weighted by Crippen LogP contribution is -2.67. The van der Waals surface area contributed by atoms with E-state index >= 15 is 0 Å². The van der Waals surface area contributed by atoms with Crippen molar-refractivity contribution in [1.29, 1.82) is 0 Å². The predicted octanol–water partition coefficient (Wildman–Crippen LogP) is 1.80. The molecular weight excluding hydrogens is 266 g/mol. The maximum Gasteiger partial charge on any atom is 0.249 e. The number of carbonyl (C=O) groups is 2. The topological polar surface area (TPSA) is 62.3 Å². The van der Waals surface area contributed by atoms with Gasteiger partial charge >= 0.3 is 0 Å². The van der Waals surface area contributed by atoms with E-state index in [1.165, 1.54) is 0 Å². The third-order valence-corrected chi connectivity index (χ3v) is 4.73. The van der Waals surface area contributed by atoms with Crippen LogP contribution in [0.3, 0.4) is 0 Å². The zero-order valence-corrected chi connectivity index (χ0v) is 12.3. The van der Waals surface area contributed by atoms with Crippen molar-refractivity contribution in [2.75, 3.05) is 6.54 Å². The number of rotatable bonds is 2. The first-order valence-electron chi connectivity index (χ1n) is 7.64. The van der Waals surface area contributed by atoms with Crippen molar-refractivity contribution in [3.8, 4) is 0 Å². The average Bonchev–Trinajstić information content (AvgIpc) is 2.52. The van der Waals surface area contributed by atoms with Gasteiger partial charge in [-0.05, 0) is 37.5 Å². The number of pyridine rings is 1. The summed E-state index contributed by atoms with van der Waals surface area (Å²) in [5.74, 6) is 0.0310. The van der Waals surface area contributed by atoms with Gasteiger partial charge in [0.2, 0.25) is 11.8 Å². The normalized spacial score (nSPS) is 23.0. The highest BCUT2D eigenvalue weighted by Gasteiger charge is 2.48. The van der Waals surface area contributed by atoms with Gasteiger partial charge in [0.1, 0.15) is 12.1 Å². The van der Waals surface area contributed by atoms with Crippen molar-refractivity contribution in [3.05, 3.63) is 30.1 Å². The third kappa shape index (κ3) is 2.52. The van der Waals surface area contributed by atoms with E-state index in [0.29, 0.717) is 0 Å². The number of piperazine rings is 1. The highest BCUT2D eigenvalue weighted by atomic mass is 16.2. The highest BCUT2D eigenvalue weighted by Crippen LogP contribution is 2.34. The molecule has 2 fully saturated rings. The number of aromatic nitrogens is 1. The molecule has 0 bridgehead atoms. The minimum atomic E-state index is -0.658. The third-order valence-electron chi connectivity index (χ3n) is 4.73. The fourth-order valence-corrected chi connectivity index (χ4v) is 3.49. The Morgan fingerprint density at radius 1 is 1.19 bits per heavy atom. The Labute approximate surface area is 124 Å². The number of nitrogens with zero attached hydrogens (tertiary/aromatic N) is 2. The van der Waals surface area contributed by atoms with Gasteiger partial charge in [0, 0.05) is 12.4 Å². The molecule has 21 heavy (non-hydrogen) atoms. The van der Waals surface area contributed by atoms with Gasteiger partial charge in [0.25, 0.3) is 0 Å².